The van der Waals surface area contributed by atoms with Crippen molar-refractivity contribution in [3.8, 4) is 6.07 Å². The summed E-state index contributed by atoms with van der Waals surface area (Å²) in [5.74, 6) is 0.739. The van der Waals surface area contributed by atoms with Crippen LogP contribution in [0.1, 0.15) is 31.7 Å². The fraction of sp³-hybridized carbons (Fsp3) is 0.500. The van der Waals surface area contributed by atoms with Gasteiger partial charge in [-0.3, -0.25) is 4.79 Å². The minimum Gasteiger partial charge on any atom is -0.359 e. The molecule has 1 atom stereocenters. The minimum atomic E-state index is -0.293. The number of aromatic nitrogens is 1. The minimum absolute atomic E-state index is 0.117. The lowest BCUT2D eigenvalue weighted by atomic mass is 10.1. The number of nitrogens with zero attached hydrogens (tertiary/aromatic N) is 3. The molecule has 1 aliphatic rings. The molecule has 0 spiro atoms. The molecule has 5 heteroatoms. The van der Waals surface area contributed by atoms with Gasteiger partial charge < -0.3 is 10.2 Å². The number of piperidine rings is 1. The highest BCUT2D eigenvalue weighted by molar-refractivity contribution is 5.84. The van der Waals surface area contributed by atoms with E-state index in [1.54, 1.807) is 12.1 Å². The van der Waals surface area contributed by atoms with E-state index < -0.39 is 0 Å². The summed E-state index contributed by atoms with van der Waals surface area (Å²) in [4.78, 5) is 18.2. The van der Waals surface area contributed by atoms with Crippen molar-refractivity contribution in [1.82, 2.24) is 9.88 Å². The Morgan fingerprint density at radius 2 is 2.16 bits per heavy atom. The summed E-state index contributed by atoms with van der Waals surface area (Å²) in [6, 6.07) is 5.13. The van der Waals surface area contributed by atoms with Crippen molar-refractivity contribution in [1.29, 1.82) is 5.26 Å². The van der Waals surface area contributed by atoms with Crippen molar-refractivity contribution < 1.29 is 4.79 Å². The van der Waals surface area contributed by atoms with E-state index >= 15 is 0 Å². The first-order valence-corrected chi connectivity index (χ1v) is 6.62. The van der Waals surface area contributed by atoms with Gasteiger partial charge >= 0.3 is 0 Å². The number of nitriles is 1. The van der Waals surface area contributed by atoms with Gasteiger partial charge in [-0.2, -0.15) is 5.26 Å². The summed E-state index contributed by atoms with van der Waals surface area (Å²) < 4.78 is 0. The summed E-state index contributed by atoms with van der Waals surface area (Å²) in [5, 5.41) is 11.8. The van der Waals surface area contributed by atoms with E-state index in [9.17, 15) is 4.79 Å². The topological polar surface area (TPSA) is 69.0 Å². The fourth-order valence-electron chi connectivity index (χ4n) is 2.22. The van der Waals surface area contributed by atoms with Crippen molar-refractivity contribution in [2.75, 3.05) is 18.4 Å². The average Bonchev–Trinajstić information content (AvgIpc) is 2.48. The van der Waals surface area contributed by atoms with Gasteiger partial charge in [-0.25, -0.2) is 4.98 Å². The Morgan fingerprint density at radius 3 is 2.74 bits per heavy atom. The first-order chi connectivity index (χ1) is 9.20. The van der Waals surface area contributed by atoms with Crippen molar-refractivity contribution in [2.45, 2.75) is 32.2 Å². The average molecular weight is 258 g/mol. The Balaban J connectivity index is 1.93. The Kier molecular flexibility index (Phi) is 4.35. The molecule has 5 nitrogen and oxygen atoms in total. The number of likely N-dealkylation sites (tertiary alicyclic amines) is 1. The van der Waals surface area contributed by atoms with Gasteiger partial charge in [0, 0.05) is 19.3 Å². The Morgan fingerprint density at radius 1 is 1.42 bits per heavy atom. The smallest absolute Gasteiger partial charge is 0.244 e. The maximum Gasteiger partial charge on any atom is 0.244 e. The molecule has 1 fully saturated rings. The largest absolute Gasteiger partial charge is 0.359 e. The number of nitrogens with one attached hydrogen (secondary N) is 1. The van der Waals surface area contributed by atoms with Gasteiger partial charge in [0.25, 0.3) is 0 Å². The lowest BCUT2D eigenvalue weighted by Crippen LogP contribution is -2.44. The van der Waals surface area contributed by atoms with Crippen molar-refractivity contribution >= 4 is 11.7 Å². The van der Waals surface area contributed by atoms with E-state index in [-0.39, 0.29) is 11.9 Å². The number of hydrogen-bond acceptors (Lipinski definition) is 4. The van der Waals surface area contributed by atoms with Crippen LogP contribution in [0.4, 0.5) is 5.82 Å². The maximum atomic E-state index is 12.2. The molecule has 1 aromatic rings. The third kappa shape index (κ3) is 3.44. The van der Waals surface area contributed by atoms with E-state index in [0.717, 1.165) is 25.9 Å². The molecular weight excluding hydrogens is 240 g/mol. The van der Waals surface area contributed by atoms with E-state index in [1.165, 1.54) is 12.6 Å². The second-order valence-corrected chi connectivity index (χ2v) is 4.80. The van der Waals surface area contributed by atoms with Gasteiger partial charge in [-0.05, 0) is 38.3 Å². The van der Waals surface area contributed by atoms with E-state index in [0.29, 0.717) is 11.4 Å². The van der Waals surface area contributed by atoms with Crippen LogP contribution in [-0.4, -0.2) is 34.9 Å². The van der Waals surface area contributed by atoms with E-state index in [1.807, 2.05) is 17.9 Å². The summed E-state index contributed by atoms with van der Waals surface area (Å²) in [6.45, 7) is 3.55. The number of carbonyl (C=O) groups excluding carboxylic acids is 1. The van der Waals surface area contributed by atoms with Gasteiger partial charge in [-0.15, -0.1) is 0 Å². The molecule has 100 valence electrons. The fourth-order valence-corrected chi connectivity index (χ4v) is 2.22. The third-order valence-electron chi connectivity index (χ3n) is 3.30. The van der Waals surface area contributed by atoms with Gasteiger partial charge in [-0.1, -0.05) is 0 Å². The van der Waals surface area contributed by atoms with Crippen LogP contribution in [0.5, 0.6) is 0 Å². The molecule has 1 aliphatic heterocycles. The lowest BCUT2D eigenvalue weighted by Gasteiger charge is -2.29. The Labute approximate surface area is 113 Å². The molecule has 0 aromatic carbocycles. The molecule has 19 heavy (non-hydrogen) atoms. The number of hydrogen-bond donors (Lipinski definition) is 1. The molecular formula is C14H18N4O. The lowest BCUT2D eigenvalue weighted by molar-refractivity contribution is -0.132. The number of carbonyl (C=O) groups is 1. The van der Waals surface area contributed by atoms with Gasteiger partial charge in [0.1, 0.15) is 17.9 Å². The van der Waals surface area contributed by atoms with Crippen LogP contribution in [0, 0.1) is 11.3 Å². The zero-order chi connectivity index (χ0) is 13.7. The van der Waals surface area contributed by atoms with Crippen LogP contribution in [0.3, 0.4) is 0 Å². The standard InChI is InChI=1S/C14H18N4O/c1-11(14(19)18-7-3-2-4-8-18)17-13-6-5-12(9-15)10-16-13/h5-6,10-11H,2-4,7-8H2,1H3,(H,16,17). The number of anilines is 1. The number of pyridine rings is 1. The first-order valence-electron chi connectivity index (χ1n) is 6.62. The van der Waals surface area contributed by atoms with Crippen LogP contribution >= 0.6 is 0 Å². The van der Waals surface area contributed by atoms with Gasteiger partial charge in [0.2, 0.25) is 5.91 Å². The molecule has 0 aliphatic carbocycles. The van der Waals surface area contributed by atoms with Gasteiger partial charge in [0.15, 0.2) is 0 Å². The number of rotatable bonds is 3. The number of amides is 1. The molecule has 1 aromatic heterocycles. The second-order valence-electron chi connectivity index (χ2n) is 4.80. The van der Waals surface area contributed by atoms with Crippen molar-refractivity contribution in [3.63, 3.8) is 0 Å². The summed E-state index contributed by atoms with van der Waals surface area (Å²) >= 11 is 0. The molecule has 1 amide bonds. The Hall–Kier alpha value is -2.09. The van der Waals surface area contributed by atoms with Crippen molar-refractivity contribution in [3.05, 3.63) is 23.9 Å². The van der Waals surface area contributed by atoms with Crippen LogP contribution in [0.25, 0.3) is 0 Å². The summed E-state index contributed by atoms with van der Waals surface area (Å²) in [7, 11) is 0. The molecule has 0 radical (unpaired) electrons. The highest BCUT2D eigenvalue weighted by Crippen LogP contribution is 2.12. The zero-order valence-electron chi connectivity index (χ0n) is 11.1. The van der Waals surface area contributed by atoms with Gasteiger partial charge in [0.05, 0.1) is 5.56 Å². The summed E-state index contributed by atoms with van der Waals surface area (Å²) in [5.41, 5.74) is 0.514. The Bertz CT molecular complexity index is 471. The zero-order valence-corrected chi connectivity index (χ0v) is 11.1. The second kappa shape index (κ2) is 6.19. The highest BCUT2D eigenvalue weighted by atomic mass is 16.2. The van der Waals surface area contributed by atoms with Crippen LogP contribution in [0.2, 0.25) is 0 Å². The SMILES string of the molecule is CC(Nc1ccc(C#N)cn1)C(=O)N1CCCCC1. The van der Waals surface area contributed by atoms with E-state index in [2.05, 4.69) is 10.3 Å². The molecule has 1 unspecified atom stereocenters. The van der Waals surface area contributed by atoms with Crippen LogP contribution < -0.4 is 5.32 Å². The molecule has 2 heterocycles. The van der Waals surface area contributed by atoms with Crippen LogP contribution in [-0.2, 0) is 4.79 Å². The maximum absolute atomic E-state index is 12.2. The quantitative estimate of drug-likeness (QED) is 0.897. The molecule has 1 N–H and O–H groups in total. The van der Waals surface area contributed by atoms with E-state index in [4.69, 9.17) is 5.26 Å². The monoisotopic (exact) mass is 258 g/mol. The third-order valence-corrected chi connectivity index (χ3v) is 3.30. The molecule has 0 saturated carbocycles. The molecule has 1 saturated heterocycles. The molecule has 2 rings (SSSR count). The van der Waals surface area contributed by atoms with Crippen molar-refractivity contribution in [2.24, 2.45) is 0 Å². The van der Waals surface area contributed by atoms with Crippen LogP contribution in [0.15, 0.2) is 18.3 Å². The predicted molar refractivity (Wildman–Crippen MR) is 72.5 cm³/mol. The predicted octanol–water partition coefficient (Wildman–Crippen LogP) is 1.77. The summed E-state index contributed by atoms with van der Waals surface area (Å²) in [6.07, 6.45) is 4.89. The highest BCUT2D eigenvalue weighted by Gasteiger charge is 2.22. The first kappa shape index (κ1) is 13.3. The molecule has 0 bridgehead atoms. The normalized spacial score (nSPS) is 16.5.